The smallest absolute Gasteiger partial charge is 0.253 e. The third-order valence-corrected chi connectivity index (χ3v) is 8.04. The van der Waals surface area contributed by atoms with Gasteiger partial charge in [0.25, 0.3) is 5.91 Å². The number of carbonyl (C=O) groups excluding carboxylic acids is 2. The van der Waals surface area contributed by atoms with Gasteiger partial charge in [0.1, 0.15) is 18.1 Å². The summed E-state index contributed by atoms with van der Waals surface area (Å²) < 4.78 is 17.4. The summed E-state index contributed by atoms with van der Waals surface area (Å²) in [6, 6.07) is 22.1. The molecule has 222 valence electrons. The van der Waals surface area contributed by atoms with E-state index >= 15 is 0 Å². The van der Waals surface area contributed by atoms with E-state index in [1.807, 2.05) is 53.4 Å². The number of nitrogens with zero attached hydrogens (tertiary/aromatic N) is 3. The fourth-order valence-electron chi connectivity index (χ4n) is 5.61. The number of ether oxygens (including phenoxy) is 3. The Morgan fingerprint density at radius 3 is 2.57 bits per heavy atom. The summed E-state index contributed by atoms with van der Waals surface area (Å²) in [5.74, 6) is 1.67. The van der Waals surface area contributed by atoms with Crippen LogP contribution in [0, 0.1) is 0 Å². The highest BCUT2D eigenvalue weighted by Gasteiger charge is 2.20. The van der Waals surface area contributed by atoms with Gasteiger partial charge in [-0.25, -0.2) is 0 Å². The Morgan fingerprint density at radius 2 is 1.74 bits per heavy atom. The van der Waals surface area contributed by atoms with Crippen molar-refractivity contribution in [2.24, 2.45) is 0 Å². The molecule has 3 aromatic rings. The second kappa shape index (κ2) is 14.2. The van der Waals surface area contributed by atoms with E-state index in [2.05, 4.69) is 23.1 Å². The molecule has 2 aliphatic rings. The zero-order valence-electron chi connectivity index (χ0n) is 24.7. The van der Waals surface area contributed by atoms with Crippen LogP contribution in [-0.2, 0) is 22.4 Å². The molecule has 1 fully saturated rings. The number of fused-ring (bicyclic) bond motifs is 3. The van der Waals surface area contributed by atoms with E-state index in [9.17, 15) is 9.59 Å². The number of benzene rings is 3. The standard InChI is InChI=1S/C34H41N3O5/c1-35-15-16-37(33(38)12-6-9-27-8-3-4-11-31(27)40-2)19-22-42-32-14-13-30(36-17-20-41-21-18-36)25-29(32)24-26-7-5-10-28(23-26)34(35)39/h3-5,7-8,10-11,13-14,23,25H,6,9,12,15-22,24H2,1-2H3. The fourth-order valence-corrected chi connectivity index (χ4v) is 5.61. The molecule has 8 nitrogen and oxygen atoms in total. The first-order valence-corrected chi connectivity index (χ1v) is 14.8. The number of anilines is 1. The van der Waals surface area contributed by atoms with Crippen molar-refractivity contribution < 1.29 is 23.8 Å². The van der Waals surface area contributed by atoms with Gasteiger partial charge in [-0.1, -0.05) is 30.3 Å². The zero-order valence-corrected chi connectivity index (χ0v) is 24.7. The monoisotopic (exact) mass is 571 g/mol. The van der Waals surface area contributed by atoms with Crippen LogP contribution in [0.5, 0.6) is 11.5 Å². The molecule has 0 unspecified atom stereocenters. The number of likely N-dealkylation sites (N-methyl/N-ethyl adjacent to an activating group) is 1. The Morgan fingerprint density at radius 1 is 0.905 bits per heavy atom. The first kappa shape index (κ1) is 29.5. The van der Waals surface area contributed by atoms with Crippen molar-refractivity contribution in [2.75, 3.05) is 71.6 Å². The Hall–Kier alpha value is -4.04. The third kappa shape index (κ3) is 7.42. The van der Waals surface area contributed by atoms with Crippen LogP contribution >= 0.6 is 0 Å². The SMILES string of the molecule is COc1ccccc1CCCC(=O)N1CCOc2ccc(N3CCOCC3)cc2Cc2cccc(c2)C(=O)N(C)CC1. The van der Waals surface area contributed by atoms with Gasteiger partial charge in [-0.2, -0.15) is 0 Å². The number of hydrogen-bond acceptors (Lipinski definition) is 6. The molecule has 3 aromatic carbocycles. The lowest BCUT2D eigenvalue weighted by molar-refractivity contribution is -0.131. The summed E-state index contributed by atoms with van der Waals surface area (Å²) in [5.41, 5.74) is 5.00. The van der Waals surface area contributed by atoms with Crippen LogP contribution in [0.1, 0.15) is 39.9 Å². The minimum atomic E-state index is -0.0454. The highest BCUT2D eigenvalue weighted by molar-refractivity contribution is 5.94. The number of para-hydroxylation sites is 1. The van der Waals surface area contributed by atoms with Gasteiger partial charge in [0.05, 0.1) is 26.9 Å². The second-order valence-electron chi connectivity index (χ2n) is 10.9. The summed E-state index contributed by atoms with van der Waals surface area (Å²) >= 11 is 0. The minimum absolute atomic E-state index is 0.0454. The van der Waals surface area contributed by atoms with E-state index < -0.39 is 0 Å². The van der Waals surface area contributed by atoms with Crippen molar-refractivity contribution in [3.05, 3.63) is 89.0 Å². The van der Waals surface area contributed by atoms with Crippen molar-refractivity contribution in [1.29, 1.82) is 0 Å². The lowest BCUT2D eigenvalue weighted by Crippen LogP contribution is -2.41. The van der Waals surface area contributed by atoms with Crippen molar-refractivity contribution in [3.8, 4) is 11.5 Å². The number of methoxy groups -OCH3 is 1. The molecule has 0 saturated carbocycles. The lowest BCUT2D eigenvalue weighted by atomic mass is 10.0. The molecule has 2 bridgehead atoms. The highest BCUT2D eigenvalue weighted by atomic mass is 16.5. The van der Waals surface area contributed by atoms with Crippen LogP contribution in [0.25, 0.3) is 0 Å². The normalized spacial score (nSPS) is 16.3. The van der Waals surface area contributed by atoms with Crippen LogP contribution in [0.15, 0.2) is 66.7 Å². The van der Waals surface area contributed by atoms with Gasteiger partial charge in [-0.05, 0) is 60.4 Å². The number of morpholine rings is 1. The summed E-state index contributed by atoms with van der Waals surface area (Å²) in [6.45, 7) is 4.85. The molecule has 0 atom stereocenters. The number of amides is 2. The van der Waals surface area contributed by atoms with Gasteiger partial charge < -0.3 is 28.9 Å². The Labute approximate surface area is 248 Å². The topological polar surface area (TPSA) is 71.5 Å². The summed E-state index contributed by atoms with van der Waals surface area (Å²) in [7, 11) is 3.46. The molecule has 0 spiro atoms. The van der Waals surface area contributed by atoms with Gasteiger partial charge in [0, 0.05) is 62.9 Å². The van der Waals surface area contributed by atoms with Crippen molar-refractivity contribution in [2.45, 2.75) is 25.7 Å². The first-order chi connectivity index (χ1) is 20.5. The van der Waals surface area contributed by atoms with Gasteiger partial charge >= 0.3 is 0 Å². The van der Waals surface area contributed by atoms with Crippen LogP contribution in [0.2, 0.25) is 0 Å². The van der Waals surface area contributed by atoms with E-state index in [1.165, 1.54) is 0 Å². The Bertz CT molecular complexity index is 1370. The van der Waals surface area contributed by atoms with Crippen LogP contribution < -0.4 is 14.4 Å². The van der Waals surface area contributed by atoms with Crippen LogP contribution in [-0.4, -0.2) is 88.3 Å². The fraction of sp³-hybridized carbons (Fsp3) is 0.412. The second-order valence-corrected chi connectivity index (χ2v) is 10.9. The van der Waals surface area contributed by atoms with Gasteiger partial charge in [-0.3, -0.25) is 9.59 Å². The molecule has 0 radical (unpaired) electrons. The van der Waals surface area contributed by atoms with Crippen molar-refractivity contribution in [3.63, 3.8) is 0 Å². The van der Waals surface area contributed by atoms with Crippen LogP contribution in [0.3, 0.4) is 0 Å². The maximum Gasteiger partial charge on any atom is 0.253 e. The largest absolute Gasteiger partial charge is 0.496 e. The summed E-state index contributed by atoms with van der Waals surface area (Å²) in [4.78, 5) is 32.6. The zero-order chi connectivity index (χ0) is 29.3. The van der Waals surface area contributed by atoms with Crippen molar-refractivity contribution in [1.82, 2.24) is 9.80 Å². The number of aryl methyl sites for hydroxylation is 1. The third-order valence-electron chi connectivity index (χ3n) is 8.04. The Kier molecular flexibility index (Phi) is 9.98. The number of carbonyl (C=O) groups is 2. The molecule has 0 aromatic heterocycles. The molecule has 8 heteroatoms. The average molecular weight is 572 g/mol. The maximum absolute atomic E-state index is 13.4. The van der Waals surface area contributed by atoms with E-state index in [0.29, 0.717) is 64.3 Å². The first-order valence-electron chi connectivity index (χ1n) is 14.8. The molecule has 5 rings (SSSR count). The minimum Gasteiger partial charge on any atom is -0.496 e. The Balaban J connectivity index is 1.34. The predicted molar refractivity (Wildman–Crippen MR) is 164 cm³/mol. The molecular formula is C34H41N3O5. The average Bonchev–Trinajstić information content (AvgIpc) is 3.03. The van der Waals surface area contributed by atoms with E-state index in [4.69, 9.17) is 14.2 Å². The van der Waals surface area contributed by atoms with Crippen LogP contribution in [0.4, 0.5) is 5.69 Å². The predicted octanol–water partition coefficient (Wildman–Crippen LogP) is 4.44. The molecule has 2 heterocycles. The van der Waals surface area contributed by atoms with Gasteiger partial charge in [0.2, 0.25) is 5.91 Å². The molecule has 42 heavy (non-hydrogen) atoms. The molecular weight excluding hydrogens is 530 g/mol. The van der Waals surface area contributed by atoms with Crippen molar-refractivity contribution >= 4 is 17.5 Å². The van der Waals surface area contributed by atoms with Gasteiger partial charge in [0.15, 0.2) is 0 Å². The maximum atomic E-state index is 13.4. The lowest BCUT2D eigenvalue weighted by Gasteiger charge is -2.30. The molecule has 2 aliphatic heterocycles. The summed E-state index contributed by atoms with van der Waals surface area (Å²) in [6.07, 6.45) is 2.53. The van der Waals surface area contributed by atoms with Gasteiger partial charge in [-0.15, -0.1) is 0 Å². The highest BCUT2D eigenvalue weighted by Crippen LogP contribution is 2.29. The van der Waals surface area contributed by atoms with E-state index in [-0.39, 0.29) is 11.8 Å². The quantitative estimate of drug-likeness (QED) is 0.436. The number of hydrogen-bond donors (Lipinski definition) is 0. The molecule has 0 N–H and O–H groups in total. The van der Waals surface area contributed by atoms with E-state index in [1.54, 1.807) is 19.1 Å². The molecule has 0 aliphatic carbocycles. The molecule has 2 amide bonds. The number of rotatable bonds is 6. The van der Waals surface area contributed by atoms with E-state index in [0.717, 1.165) is 53.4 Å². The summed E-state index contributed by atoms with van der Waals surface area (Å²) in [5, 5.41) is 0. The molecule has 1 saturated heterocycles.